The molecule has 4 rings (SSSR count). The zero-order valence-electron chi connectivity index (χ0n) is 18.0. The number of nitrogens with one attached hydrogen (secondary N) is 1. The van der Waals surface area contributed by atoms with E-state index in [1.807, 2.05) is 17.9 Å². The van der Waals surface area contributed by atoms with Crippen molar-refractivity contribution in [3.63, 3.8) is 0 Å². The third-order valence-corrected chi connectivity index (χ3v) is 8.46. The Bertz CT molecular complexity index is 1240. The standard InChI is InChI=1S/C22H25ClN4O3S2/c1-15-20(22(28)27-10-6-3-7-11-27)31-21(25-15)19-12-17(14-26(19)2)32(29,30)24-13-16-8-4-5-9-18(16)23/h4-5,8-9,12,14,24H,3,6-7,10-11,13H2,1-2H3. The number of carbonyl (C=O) groups excluding carboxylic acids is 1. The average molecular weight is 493 g/mol. The number of carbonyl (C=O) groups is 1. The molecular weight excluding hydrogens is 468 g/mol. The van der Waals surface area contributed by atoms with Gasteiger partial charge in [0.25, 0.3) is 5.91 Å². The first-order valence-electron chi connectivity index (χ1n) is 10.4. The van der Waals surface area contributed by atoms with E-state index < -0.39 is 10.0 Å². The van der Waals surface area contributed by atoms with E-state index in [2.05, 4.69) is 9.71 Å². The first kappa shape index (κ1) is 23.0. The second-order valence-corrected chi connectivity index (χ2v) is 11.0. The minimum absolute atomic E-state index is 0.00871. The highest BCUT2D eigenvalue weighted by Gasteiger charge is 2.25. The molecule has 0 bridgehead atoms. The first-order valence-corrected chi connectivity index (χ1v) is 13.1. The lowest BCUT2D eigenvalue weighted by molar-refractivity contribution is 0.0728. The maximum absolute atomic E-state index is 12.9. The maximum atomic E-state index is 12.9. The summed E-state index contributed by atoms with van der Waals surface area (Å²) in [5.74, 6) is 0.00871. The molecule has 1 N–H and O–H groups in total. The number of rotatable bonds is 6. The van der Waals surface area contributed by atoms with Gasteiger partial charge in [0, 0.05) is 37.9 Å². The highest BCUT2D eigenvalue weighted by molar-refractivity contribution is 7.89. The van der Waals surface area contributed by atoms with Gasteiger partial charge in [-0.25, -0.2) is 18.1 Å². The second kappa shape index (κ2) is 9.35. The van der Waals surface area contributed by atoms with Crippen LogP contribution in [0.5, 0.6) is 0 Å². The van der Waals surface area contributed by atoms with Crippen LogP contribution in [0.15, 0.2) is 41.4 Å². The van der Waals surface area contributed by atoms with Crippen LogP contribution >= 0.6 is 22.9 Å². The van der Waals surface area contributed by atoms with Gasteiger partial charge < -0.3 is 9.47 Å². The Hall–Kier alpha value is -2.20. The topological polar surface area (TPSA) is 84.3 Å². The Morgan fingerprint density at radius 2 is 1.94 bits per heavy atom. The molecule has 0 spiro atoms. The highest BCUT2D eigenvalue weighted by Crippen LogP contribution is 2.31. The minimum Gasteiger partial charge on any atom is -0.347 e. The van der Waals surface area contributed by atoms with Crippen LogP contribution in [0.4, 0.5) is 0 Å². The van der Waals surface area contributed by atoms with Gasteiger partial charge in [0.2, 0.25) is 10.0 Å². The Morgan fingerprint density at radius 3 is 2.66 bits per heavy atom. The molecule has 32 heavy (non-hydrogen) atoms. The largest absolute Gasteiger partial charge is 0.347 e. The Kier molecular flexibility index (Phi) is 6.71. The fourth-order valence-electron chi connectivity index (χ4n) is 3.74. The smallest absolute Gasteiger partial charge is 0.265 e. The quantitative estimate of drug-likeness (QED) is 0.558. The van der Waals surface area contributed by atoms with Gasteiger partial charge in [0.1, 0.15) is 14.8 Å². The molecule has 1 aliphatic rings. The summed E-state index contributed by atoms with van der Waals surface area (Å²) in [6, 6.07) is 8.69. The predicted molar refractivity (Wildman–Crippen MR) is 126 cm³/mol. The summed E-state index contributed by atoms with van der Waals surface area (Å²) >= 11 is 7.44. The molecule has 1 amide bonds. The number of nitrogens with zero attached hydrogens (tertiary/aromatic N) is 3. The van der Waals surface area contributed by atoms with Crippen LogP contribution in [0.3, 0.4) is 0 Å². The molecule has 0 saturated carbocycles. The van der Waals surface area contributed by atoms with E-state index in [1.54, 1.807) is 42.1 Å². The number of piperidine rings is 1. The lowest BCUT2D eigenvalue weighted by Gasteiger charge is -2.26. The molecule has 1 aromatic carbocycles. The van der Waals surface area contributed by atoms with Crippen LogP contribution in [0.2, 0.25) is 5.02 Å². The molecule has 170 valence electrons. The fourth-order valence-corrected chi connectivity index (χ4v) is 6.11. The fraction of sp³-hybridized carbons (Fsp3) is 0.364. The lowest BCUT2D eigenvalue weighted by atomic mass is 10.1. The van der Waals surface area contributed by atoms with Crippen molar-refractivity contribution in [2.24, 2.45) is 7.05 Å². The van der Waals surface area contributed by atoms with E-state index in [1.165, 1.54) is 11.3 Å². The number of sulfonamides is 1. The van der Waals surface area contributed by atoms with E-state index in [0.717, 1.165) is 32.4 Å². The number of benzene rings is 1. The van der Waals surface area contributed by atoms with Gasteiger partial charge in [0.05, 0.1) is 11.4 Å². The van der Waals surface area contributed by atoms with Crippen molar-refractivity contribution in [1.82, 2.24) is 19.2 Å². The number of aromatic nitrogens is 2. The number of likely N-dealkylation sites (tertiary alicyclic amines) is 1. The summed E-state index contributed by atoms with van der Waals surface area (Å²) in [7, 11) is -1.98. The molecular formula is C22H25ClN4O3S2. The molecule has 1 fully saturated rings. The van der Waals surface area contributed by atoms with Crippen LogP contribution in [-0.4, -0.2) is 41.9 Å². The normalized spacial score (nSPS) is 14.7. The average Bonchev–Trinajstić information content (AvgIpc) is 3.36. The van der Waals surface area contributed by atoms with E-state index >= 15 is 0 Å². The number of halogens is 1. The third-order valence-electron chi connectivity index (χ3n) is 5.55. The van der Waals surface area contributed by atoms with E-state index in [9.17, 15) is 13.2 Å². The third kappa shape index (κ3) is 4.76. The van der Waals surface area contributed by atoms with Crippen molar-refractivity contribution in [1.29, 1.82) is 0 Å². The van der Waals surface area contributed by atoms with E-state index in [0.29, 0.717) is 31.9 Å². The van der Waals surface area contributed by atoms with Gasteiger partial charge in [-0.2, -0.15) is 0 Å². The van der Waals surface area contributed by atoms with Crippen molar-refractivity contribution in [2.75, 3.05) is 13.1 Å². The molecule has 2 aromatic heterocycles. The predicted octanol–water partition coefficient (Wildman–Crippen LogP) is 4.22. The molecule has 0 atom stereocenters. The molecule has 7 nitrogen and oxygen atoms in total. The lowest BCUT2D eigenvalue weighted by Crippen LogP contribution is -2.35. The minimum atomic E-state index is -3.75. The van der Waals surface area contributed by atoms with Crippen LogP contribution in [0.1, 0.15) is 40.2 Å². The van der Waals surface area contributed by atoms with Crippen molar-refractivity contribution >= 4 is 38.9 Å². The van der Waals surface area contributed by atoms with Crippen molar-refractivity contribution in [3.8, 4) is 10.7 Å². The Labute approximate surface area is 197 Å². The molecule has 1 aliphatic heterocycles. The molecule has 0 unspecified atom stereocenters. The molecule has 3 heterocycles. The first-order chi connectivity index (χ1) is 15.3. The molecule has 0 radical (unpaired) electrons. The van der Waals surface area contributed by atoms with Crippen LogP contribution < -0.4 is 4.72 Å². The van der Waals surface area contributed by atoms with Crippen LogP contribution in [-0.2, 0) is 23.6 Å². The highest BCUT2D eigenvalue weighted by atomic mass is 35.5. The molecule has 1 saturated heterocycles. The molecule has 10 heteroatoms. The SMILES string of the molecule is Cc1nc(-c2cc(S(=O)(=O)NCc3ccccc3Cl)cn2C)sc1C(=O)N1CCCCC1. The number of aryl methyl sites for hydroxylation is 2. The molecule has 0 aliphatic carbocycles. The number of amides is 1. The zero-order chi connectivity index (χ0) is 22.9. The van der Waals surface area contributed by atoms with Crippen molar-refractivity contribution < 1.29 is 13.2 Å². The van der Waals surface area contributed by atoms with Crippen LogP contribution in [0, 0.1) is 6.92 Å². The monoisotopic (exact) mass is 492 g/mol. The summed E-state index contributed by atoms with van der Waals surface area (Å²) in [6.45, 7) is 3.46. The van der Waals surface area contributed by atoms with E-state index in [4.69, 9.17) is 11.6 Å². The van der Waals surface area contributed by atoms with Crippen LogP contribution in [0.25, 0.3) is 10.7 Å². The van der Waals surface area contributed by atoms with Gasteiger partial charge in [-0.3, -0.25) is 4.79 Å². The second-order valence-electron chi connectivity index (χ2n) is 7.87. The van der Waals surface area contributed by atoms with Crippen molar-refractivity contribution in [3.05, 3.63) is 57.7 Å². The summed E-state index contributed by atoms with van der Waals surface area (Å²) < 4.78 is 30.0. The number of hydrogen-bond donors (Lipinski definition) is 1. The Balaban J connectivity index is 1.55. The number of thiazole rings is 1. The van der Waals surface area contributed by atoms with Gasteiger partial charge in [-0.05, 0) is 43.9 Å². The summed E-state index contributed by atoms with van der Waals surface area (Å²) in [5.41, 5.74) is 2.02. The Morgan fingerprint density at radius 1 is 1.22 bits per heavy atom. The van der Waals surface area contributed by atoms with E-state index in [-0.39, 0.29) is 17.3 Å². The number of hydrogen-bond acceptors (Lipinski definition) is 5. The van der Waals surface area contributed by atoms with Gasteiger partial charge >= 0.3 is 0 Å². The zero-order valence-corrected chi connectivity index (χ0v) is 20.4. The summed E-state index contributed by atoms with van der Waals surface area (Å²) in [5, 5.41) is 1.13. The van der Waals surface area contributed by atoms with Crippen molar-refractivity contribution in [2.45, 2.75) is 37.6 Å². The van der Waals surface area contributed by atoms with Gasteiger partial charge in [-0.1, -0.05) is 29.8 Å². The maximum Gasteiger partial charge on any atom is 0.265 e. The van der Waals surface area contributed by atoms with Gasteiger partial charge in [0.15, 0.2) is 0 Å². The molecule has 3 aromatic rings. The van der Waals surface area contributed by atoms with Gasteiger partial charge in [-0.15, -0.1) is 11.3 Å². The summed E-state index contributed by atoms with van der Waals surface area (Å²) in [6.07, 6.45) is 4.75. The summed E-state index contributed by atoms with van der Waals surface area (Å²) in [4.78, 5) is 20.1.